The molecule has 1 aromatic carbocycles. The van der Waals surface area contributed by atoms with Gasteiger partial charge in [-0.15, -0.1) is 0 Å². The molecule has 2 fully saturated rings. The monoisotopic (exact) mass is 382 g/mol. The van der Waals surface area contributed by atoms with Gasteiger partial charge in [-0.25, -0.2) is 4.79 Å². The highest BCUT2D eigenvalue weighted by atomic mass is 16.5. The van der Waals surface area contributed by atoms with Crippen LogP contribution in [0.1, 0.15) is 65.7 Å². The van der Waals surface area contributed by atoms with E-state index in [4.69, 9.17) is 4.52 Å². The number of rotatable bonds is 5. The van der Waals surface area contributed by atoms with E-state index in [9.17, 15) is 14.4 Å². The summed E-state index contributed by atoms with van der Waals surface area (Å²) in [4.78, 5) is 36.0. The van der Waals surface area contributed by atoms with E-state index in [1.807, 2.05) is 12.1 Å². The van der Waals surface area contributed by atoms with Gasteiger partial charge in [0.05, 0.1) is 5.69 Å². The fraction of sp³-hybridized carbons (Fsp3) is 0.400. The SMILES string of the molecule is CC1(c2ccc(CNC(=O)c3conc3C3CCCC3)cc2)NC(=O)NC1=O. The molecular formula is C20H22N4O4. The number of nitrogens with zero attached hydrogens (tertiary/aromatic N) is 1. The summed E-state index contributed by atoms with van der Waals surface area (Å²) in [5, 5.41) is 11.8. The summed E-state index contributed by atoms with van der Waals surface area (Å²) < 4.78 is 5.05. The molecule has 8 nitrogen and oxygen atoms in total. The molecule has 2 aromatic rings. The van der Waals surface area contributed by atoms with Crippen LogP contribution < -0.4 is 16.0 Å². The van der Waals surface area contributed by atoms with Crippen LogP contribution in [0.5, 0.6) is 0 Å². The third-order valence-electron chi connectivity index (χ3n) is 5.61. The van der Waals surface area contributed by atoms with Crippen LogP contribution in [-0.4, -0.2) is 23.0 Å². The molecule has 2 aliphatic rings. The van der Waals surface area contributed by atoms with Crippen LogP contribution in [0.4, 0.5) is 4.79 Å². The molecule has 1 unspecified atom stereocenters. The molecule has 1 saturated carbocycles. The molecule has 4 amide bonds. The highest BCUT2D eigenvalue weighted by molar-refractivity contribution is 6.07. The Hall–Kier alpha value is -3.16. The lowest BCUT2D eigenvalue weighted by Gasteiger charge is -2.21. The van der Waals surface area contributed by atoms with Crippen LogP contribution in [0, 0.1) is 0 Å². The minimum atomic E-state index is -1.09. The Labute approximate surface area is 162 Å². The standard InChI is InChI=1S/C20H22N4O4/c1-20(18(26)22-19(27)23-20)14-8-6-12(7-9-14)10-21-17(25)15-11-28-24-16(15)13-4-2-3-5-13/h6-9,11,13H,2-5,10H2,1H3,(H,21,25)(H2,22,23,26,27). The lowest BCUT2D eigenvalue weighted by molar-refractivity contribution is -0.123. The molecule has 3 N–H and O–H groups in total. The maximum atomic E-state index is 12.6. The normalized spacial score (nSPS) is 22.2. The number of aromatic nitrogens is 1. The van der Waals surface area contributed by atoms with Crippen molar-refractivity contribution in [3.63, 3.8) is 0 Å². The van der Waals surface area contributed by atoms with Gasteiger partial charge in [0.1, 0.15) is 17.4 Å². The van der Waals surface area contributed by atoms with E-state index < -0.39 is 11.6 Å². The van der Waals surface area contributed by atoms with E-state index in [1.165, 1.54) is 6.26 Å². The molecule has 1 aliphatic heterocycles. The number of urea groups is 1. The Kier molecular flexibility index (Phi) is 4.62. The van der Waals surface area contributed by atoms with Crippen LogP contribution in [0.25, 0.3) is 0 Å². The molecule has 1 aromatic heterocycles. The fourth-order valence-electron chi connectivity index (χ4n) is 3.89. The van der Waals surface area contributed by atoms with Gasteiger partial charge in [-0.1, -0.05) is 42.3 Å². The maximum absolute atomic E-state index is 12.6. The van der Waals surface area contributed by atoms with Crippen molar-refractivity contribution in [2.24, 2.45) is 0 Å². The molecule has 0 bridgehead atoms. The van der Waals surface area contributed by atoms with Crippen molar-refractivity contribution in [3.05, 3.63) is 52.9 Å². The van der Waals surface area contributed by atoms with Crippen LogP contribution in [0.3, 0.4) is 0 Å². The van der Waals surface area contributed by atoms with Crippen LogP contribution in [0.2, 0.25) is 0 Å². The number of hydrogen-bond acceptors (Lipinski definition) is 5. The molecule has 28 heavy (non-hydrogen) atoms. The predicted octanol–water partition coefficient (Wildman–Crippen LogP) is 2.32. The topological polar surface area (TPSA) is 113 Å². The molecule has 1 saturated heterocycles. The van der Waals surface area contributed by atoms with Gasteiger partial charge < -0.3 is 15.2 Å². The zero-order valence-corrected chi connectivity index (χ0v) is 15.6. The van der Waals surface area contributed by atoms with Crippen molar-refractivity contribution < 1.29 is 18.9 Å². The van der Waals surface area contributed by atoms with Gasteiger partial charge >= 0.3 is 6.03 Å². The van der Waals surface area contributed by atoms with Crippen molar-refractivity contribution >= 4 is 17.8 Å². The van der Waals surface area contributed by atoms with Crippen molar-refractivity contribution in [1.82, 2.24) is 21.1 Å². The van der Waals surface area contributed by atoms with E-state index >= 15 is 0 Å². The molecule has 146 valence electrons. The Balaban J connectivity index is 1.41. The largest absolute Gasteiger partial charge is 0.364 e. The number of hydrogen-bond donors (Lipinski definition) is 3. The summed E-state index contributed by atoms with van der Waals surface area (Å²) in [6.07, 6.45) is 5.80. The zero-order chi connectivity index (χ0) is 19.7. The van der Waals surface area contributed by atoms with Crippen LogP contribution in [0.15, 0.2) is 35.1 Å². The number of amides is 4. The summed E-state index contributed by atoms with van der Waals surface area (Å²) >= 11 is 0. The van der Waals surface area contributed by atoms with Gasteiger partial charge in [0.15, 0.2) is 0 Å². The minimum Gasteiger partial charge on any atom is -0.364 e. The summed E-state index contributed by atoms with van der Waals surface area (Å²) in [5.41, 5.74) is 1.72. The molecule has 1 aliphatic carbocycles. The molecule has 0 spiro atoms. The zero-order valence-electron chi connectivity index (χ0n) is 15.6. The smallest absolute Gasteiger partial charge is 0.322 e. The van der Waals surface area contributed by atoms with Gasteiger partial charge in [-0.3, -0.25) is 14.9 Å². The minimum absolute atomic E-state index is 0.207. The second-order valence-electron chi connectivity index (χ2n) is 7.51. The van der Waals surface area contributed by atoms with E-state index in [2.05, 4.69) is 21.1 Å². The lowest BCUT2D eigenvalue weighted by atomic mass is 9.91. The van der Waals surface area contributed by atoms with Gasteiger partial charge in [0, 0.05) is 12.5 Å². The van der Waals surface area contributed by atoms with Crippen LogP contribution >= 0.6 is 0 Å². The third-order valence-corrected chi connectivity index (χ3v) is 5.61. The number of carbonyl (C=O) groups excluding carboxylic acids is 3. The first-order valence-corrected chi connectivity index (χ1v) is 9.43. The molecule has 2 heterocycles. The first kappa shape index (κ1) is 18.2. The summed E-state index contributed by atoms with van der Waals surface area (Å²) in [6, 6.07) is 6.69. The molecule has 8 heteroatoms. The number of imide groups is 1. The van der Waals surface area contributed by atoms with Crippen molar-refractivity contribution in [1.29, 1.82) is 0 Å². The molecule has 0 radical (unpaired) electrons. The van der Waals surface area contributed by atoms with Gasteiger partial charge in [-0.2, -0.15) is 0 Å². The van der Waals surface area contributed by atoms with Gasteiger partial charge in [0.2, 0.25) is 0 Å². The summed E-state index contributed by atoms with van der Waals surface area (Å²) in [7, 11) is 0. The average Bonchev–Trinajstić information content (AvgIpc) is 3.41. The second-order valence-corrected chi connectivity index (χ2v) is 7.51. The van der Waals surface area contributed by atoms with Crippen LogP contribution in [-0.2, 0) is 16.9 Å². The maximum Gasteiger partial charge on any atom is 0.322 e. The van der Waals surface area contributed by atoms with E-state index in [0.717, 1.165) is 36.9 Å². The number of benzene rings is 1. The third kappa shape index (κ3) is 3.26. The average molecular weight is 382 g/mol. The molecule has 4 rings (SSSR count). The Morgan fingerprint density at radius 1 is 1.25 bits per heavy atom. The summed E-state index contributed by atoms with van der Waals surface area (Å²) in [5.74, 6) is -0.292. The lowest BCUT2D eigenvalue weighted by Crippen LogP contribution is -2.40. The van der Waals surface area contributed by atoms with Crippen molar-refractivity contribution in [2.45, 2.75) is 50.6 Å². The first-order chi connectivity index (χ1) is 13.5. The first-order valence-electron chi connectivity index (χ1n) is 9.43. The highest BCUT2D eigenvalue weighted by Crippen LogP contribution is 2.34. The van der Waals surface area contributed by atoms with E-state index in [-0.39, 0.29) is 11.8 Å². The van der Waals surface area contributed by atoms with Crippen molar-refractivity contribution in [3.8, 4) is 0 Å². The Bertz CT molecular complexity index is 915. The number of carbonyl (C=O) groups is 3. The Morgan fingerprint density at radius 3 is 2.61 bits per heavy atom. The molecule has 1 atom stereocenters. The van der Waals surface area contributed by atoms with Crippen molar-refractivity contribution in [2.75, 3.05) is 0 Å². The number of nitrogens with one attached hydrogen (secondary N) is 3. The highest BCUT2D eigenvalue weighted by Gasteiger charge is 2.43. The van der Waals surface area contributed by atoms with Gasteiger partial charge in [0.25, 0.3) is 11.8 Å². The van der Waals surface area contributed by atoms with E-state index in [0.29, 0.717) is 23.6 Å². The second kappa shape index (κ2) is 7.10. The fourth-order valence-corrected chi connectivity index (χ4v) is 3.89. The van der Waals surface area contributed by atoms with E-state index in [1.54, 1.807) is 19.1 Å². The predicted molar refractivity (Wildman–Crippen MR) is 99.4 cm³/mol. The van der Waals surface area contributed by atoms with Gasteiger partial charge in [-0.05, 0) is 30.9 Å². The molecular weight excluding hydrogens is 360 g/mol. The quantitative estimate of drug-likeness (QED) is 0.687. The summed E-state index contributed by atoms with van der Waals surface area (Å²) in [6.45, 7) is 1.99. The Morgan fingerprint density at radius 2 is 1.96 bits per heavy atom.